The first-order chi connectivity index (χ1) is 55.0. The molecule has 552 valence electrons. The van der Waals surface area contributed by atoms with Crippen LogP contribution in [-0.2, 0) is 0 Å². The molecule has 12 aromatic heterocycles. The topological polar surface area (TPSA) is 468 Å². The summed E-state index contributed by atoms with van der Waals surface area (Å²) in [5.41, 5.74) is 47.7. The first kappa shape index (κ1) is 76.9. The van der Waals surface area contributed by atoms with Gasteiger partial charge in [-0.3, -0.25) is 19.9 Å². The number of nitrogens with two attached hydrogens (primary N) is 5. The molecule has 4 atom stereocenters. The second-order valence-electron chi connectivity index (χ2n) is 25.0. The number of hydrogen-bond donors (Lipinski definition) is 8. The first-order valence-electron chi connectivity index (χ1n) is 35.0. The van der Waals surface area contributed by atoms with Gasteiger partial charge in [-0.1, -0.05) is 133 Å². The van der Waals surface area contributed by atoms with Crippen molar-refractivity contribution in [2.75, 3.05) is 38.9 Å². The number of nitriles is 4. The van der Waals surface area contributed by atoms with Gasteiger partial charge in [-0.25, -0.2) is 59.8 Å². The van der Waals surface area contributed by atoms with Gasteiger partial charge in [0.05, 0.1) is 85.0 Å². The van der Waals surface area contributed by atoms with E-state index in [0.717, 1.165) is 111 Å². The van der Waals surface area contributed by atoms with E-state index in [-0.39, 0.29) is 74.8 Å². The zero-order chi connectivity index (χ0) is 79.3. The highest BCUT2D eigenvalue weighted by atomic mass is 35.5. The summed E-state index contributed by atoms with van der Waals surface area (Å²) in [6.07, 6.45) is 12.3. The molecule has 16 aromatic rings. The lowest BCUT2D eigenvalue weighted by Crippen LogP contribution is -2.13. The van der Waals surface area contributed by atoms with Gasteiger partial charge >= 0.3 is 0 Å². The van der Waals surface area contributed by atoms with Crippen molar-refractivity contribution in [3.63, 3.8) is 0 Å². The van der Waals surface area contributed by atoms with E-state index in [2.05, 4.69) is 117 Å². The summed E-state index contributed by atoms with van der Waals surface area (Å²) in [4.78, 5) is 68.1. The van der Waals surface area contributed by atoms with E-state index in [1.165, 1.54) is 25.3 Å². The molecule has 16 rings (SSSR count). The highest BCUT2D eigenvalue weighted by molar-refractivity contribution is 6.30. The van der Waals surface area contributed by atoms with Crippen LogP contribution in [0.25, 0.3) is 88.6 Å². The van der Waals surface area contributed by atoms with Gasteiger partial charge in [0.25, 0.3) is 0 Å². The zero-order valence-corrected chi connectivity index (χ0v) is 61.9. The van der Waals surface area contributed by atoms with E-state index in [1.807, 2.05) is 204 Å². The number of fused-ring (bicyclic) bond motifs is 4. The normalized spacial score (nSPS) is 11.6. The number of aromatic nitrogens is 16. The highest BCUT2D eigenvalue weighted by Crippen LogP contribution is 2.37. The van der Waals surface area contributed by atoms with Crippen molar-refractivity contribution >= 4 is 96.5 Å². The molecule has 13 N–H and O–H groups in total. The molecule has 0 bridgehead atoms. The Morgan fingerprint density at radius 3 is 0.796 bits per heavy atom. The van der Waals surface area contributed by atoms with Gasteiger partial charge in [0.2, 0.25) is 0 Å². The van der Waals surface area contributed by atoms with Gasteiger partial charge < -0.3 is 44.6 Å². The molecule has 0 aliphatic heterocycles. The number of pyridine rings is 8. The Morgan fingerprint density at radius 1 is 0.301 bits per heavy atom. The number of hydrogen-bond acceptors (Lipinski definition) is 28. The third-order valence-electron chi connectivity index (χ3n) is 17.4. The number of nitrogen functional groups attached to an aromatic ring is 4. The fourth-order valence-electron chi connectivity index (χ4n) is 12.0. The van der Waals surface area contributed by atoms with Crippen molar-refractivity contribution in [2.24, 2.45) is 5.73 Å². The predicted molar refractivity (Wildman–Crippen MR) is 438 cm³/mol. The molecular weight excluding hydrogens is 1440 g/mol. The molecule has 29 heteroatoms. The van der Waals surface area contributed by atoms with Crippen LogP contribution < -0.4 is 44.6 Å². The van der Waals surface area contributed by atoms with E-state index in [1.54, 1.807) is 30.9 Å². The molecule has 28 nitrogen and oxygen atoms in total. The molecule has 2 unspecified atom stereocenters. The fraction of sp³-hybridized carbons (Fsp3) is 0.0952. The van der Waals surface area contributed by atoms with E-state index >= 15 is 0 Å². The largest absolute Gasteiger partial charge is 0.382 e. The molecule has 0 saturated heterocycles. The van der Waals surface area contributed by atoms with Crippen molar-refractivity contribution in [3.05, 3.63) is 294 Å². The lowest BCUT2D eigenvalue weighted by molar-refractivity contribution is 0.789. The molecular formula is C84H69ClN28. The van der Waals surface area contributed by atoms with Crippen LogP contribution >= 0.6 is 11.6 Å². The zero-order valence-electron chi connectivity index (χ0n) is 61.1. The second kappa shape index (κ2) is 36.2. The monoisotopic (exact) mass is 1500 g/mol. The van der Waals surface area contributed by atoms with Gasteiger partial charge in [0.15, 0.2) is 5.15 Å². The van der Waals surface area contributed by atoms with E-state index in [9.17, 15) is 15.8 Å². The minimum Gasteiger partial charge on any atom is -0.382 e. The second-order valence-corrected chi connectivity index (χ2v) is 25.4. The molecule has 0 aliphatic rings. The van der Waals surface area contributed by atoms with Crippen molar-refractivity contribution < 1.29 is 0 Å². The van der Waals surface area contributed by atoms with Crippen molar-refractivity contribution in [3.8, 4) is 68.8 Å². The Labute approximate surface area is 653 Å². The van der Waals surface area contributed by atoms with Crippen molar-refractivity contribution in [1.82, 2.24) is 79.7 Å². The highest BCUT2D eigenvalue weighted by Gasteiger charge is 2.23. The van der Waals surface area contributed by atoms with Crippen LogP contribution in [-0.4, -0.2) is 79.7 Å². The summed E-state index contributed by atoms with van der Waals surface area (Å²) >= 11 is 5.48. The standard InChI is InChI=1S/3C21H17N7.C16H15N3.C5H3ClN4/c3*1-13(27-21-16(11-22)20(23)25-12-26-21)19-15(14-6-3-2-4-7-14)10-18-17(28-19)8-5-9-24-18;1-11(17)16-13(12-6-3-2-4-7-12)10-15-14(19-16)8-5-9-18-15;6-4-3(1-7)5(8)10-2-9-4/h3*2-10,12-13H,1H3,(H3,23,25,26,27);2-11H,17H2,1H3;2H,(H2,8,9,10)/t2*13-;;;/m10.../s1. The maximum atomic E-state index is 9.38. The van der Waals surface area contributed by atoms with Crippen LogP contribution in [0.15, 0.2) is 244 Å². The first-order valence-corrected chi connectivity index (χ1v) is 35.4. The number of nitrogens with zero attached hydrogens (tertiary/aromatic N) is 20. The summed E-state index contributed by atoms with van der Waals surface area (Å²) in [5, 5.41) is 46.4. The number of benzene rings is 4. The molecule has 0 radical (unpaired) electrons. The predicted octanol–water partition coefficient (Wildman–Crippen LogP) is 15.0. The summed E-state index contributed by atoms with van der Waals surface area (Å²) in [6, 6.07) is 70.7. The van der Waals surface area contributed by atoms with E-state index in [4.69, 9.17) is 60.5 Å². The Hall–Kier alpha value is -15.8. The minimum absolute atomic E-state index is 0.0926. The Bertz CT molecular complexity index is 5770. The van der Waals surface area contributed by atoms with Gasteiger partial charge in [-0.2, -0.15) is 21.0 Å². The van der Waals surface area contributed by atoms with E-state index < -0.39 is 0 Å². The lowest BCUT2D eigenvalue weighted by atomic mass is 9.99. The molecule has 0 spiro atoms. The molecule has 12 heterocycles. The van der Waals surface area contributed by atoms with Crippen LogP contribution in [0.1, 0.15) is 96.9 Å². The van der Waals surface area contributed by atoms with Crippen LogP contribution in [0.4, 0.5) is 40.7 Å². The van der Waals surface area contributed by atoms with Crippen molar-refractivity contribution in [2.45, 2.75) is 51.9 Å². The number of anilines is 7. The Morgan fingerprint density at radius 2 is 0.549 bits per heavy atom. The van der Waals surface area contributed by atoms with Crippen LogP contribution in [0.3, 0.4) is 0 Å². The summed E-state index contributed by atoms with van der Waals surface area (Å²) in [7, 11) is 0. The lowest BCUT2D eigenvalue weighted by Gasteiger charge is -2.19. The third-order valence-corrected chi connectivity index (χ3v) is 17.7. The molecule has 113 heavy (non-hydrogen) atoms. The quantitative estimate of drug-likeness (QED) is 0.0469. The smallest absolute Gasteiger partial charge is 0.152 e. The average Bonchev–Trinajstić information content (AvgIpc) is 0.796. The van der Waals surface area contributed by atoms with Crippen LogP contribution in [0, 0.1) is 45.3 Å². The maximum absolute atomic E-state index is 9.38. The maximum Gasteiger partial charge on any atom is 0.152 e. The van der Waals surface area contributed by atoms with Crippen LogP contribution in [0.2, 0.25) is 5.15 Å². The van der Waals surface area contributed by atoms with Crippen molar-refractivity contribution in [1.29, 1.82) is 21.0 Å². The number of nitrogens with one attached hydrogen (secondary N) is 3. The number of halogens is 1. The molecule has 4 aromatic carbocycles. The third kappa shape index (κ3) is 18.3. The Balaban J connectivity index is 0.000000135. The SMILES string of the molecule is CC(N)c1nc2cccnc2cc1-c1ccccc1.CC(Nc1ncnc(N)c1C#N)c1nc2cccnc2cc1-c1ccccc1.C[C@@H](Nc1ncnc(N)c1C#N)c1nc2cccnc2cc1-c1ccccc1.C[C@H](Nc1ncnc(N)c1C#N)c1nc2cccnc2cc1-c1ccccc1.N#Cc1c(N)ncnc1Cl. The number of rotatable bonds is 14. The van der Waals surface area contributed by atoms with Gasteiger partial charge in [0, 0.05) is 53.1 Å². The molecule has 0 aliphatic carbocycles. The Kier molecular flexibility index (Phi) is 24.7. The summed E-state index contributed by atoms with van der Waals surface area (Å²) < 4.78 is 0. The average molecular weight is 1510 g/mol. The van der Waals surface area contributed by atoms with Gasteiger partial charge in [-0.15, -0.1) is 0 Å². The van der Waals surface area contributed by atoms with E-state index in [0.29, 0.717) is 17.5 Å². The van der Waals surface area contributed by atoms with Crippen LogP contribution in [0.5, 0.6) is 0 Å². The van der Waals surface area contributed by atoms with Gasteiger partial charge in [-0.05, 0) is 123 Å². The molecule has 0 amide bonds. The summed E-state index contributed by atoms with van der Waals surface area (Å²) in [6.45, 7) is 7.86. The molecule has 0 fully saturated rings. The minimum atomic E-state index is -0.235. The fourth-order valence-corrected chi connectivity index (χ4v) is 12.1. The summed E-state index contributed by atoms with van der Waals surface area (Å²) in [5.74, 6) is 1.70. The van der Waals surface area contributed by atoms with Gasteiger partial charge in [0.1, 0.15) is 113 Å². The molecule has 0 saturated carbocycles.